The molecular formula is C15H17F5N2O2. The molecule has 1 aliphatic heterocycles. The van der Waals surface area contributed by atoms with Crippen LogP contribution in [0.4, 0.5) is 33.3 Å². The molecule has 2 N–H and O–H groups in total. The fourth-order valence-corrected chi connectivity index (χ4v) is 2.50. The number of anilines is 2. The highest BCUT2D eigenvalue weighted by atomic mass is 19.4. The quantitative estimate of drug-likeness (QED) is 0.819. The van der Waals surface area contributed by atoms with E-state index in [1.54, 1.807) is 0 Å². The lowest BCUT2D eigenvalue weighted by Crippen LogP contribution is -2.44. The second kappa shape index (κ2) is 6.54. The van der Waals surface area contributed by atoms with Crippen molar-refractivity contribution in [2.45, 2.75) is 38.0 Å². The smallest absolute Gasteiger partial charge is 0.380 e. The summed E-state index contributed by atoms with van der Waals surface area (Å²) < 4.78 is 65.7. The van der Waals surface area contributed by atoms with E-state index in [0.29, 0.717) is 20.0 Å². The predicted molar refractivity (Wildman–Crippen MR) is 77.7 cm³/mol. The van der Waals surface area contributed by atoms with Gasteiger partial charge in [0.15, 0.2) is 17.2 Å². The fourth-order valence-electron chi connectivity index (χ4n) is 2.50. The summed E-state index contributed by atoms with van der Waals surface area (Å²) in [5.74, 6) is -3.02. The van der Waals surface area contributed by atoms with Crippen molar-refractivity contribution in [1.82, 2.24) is 0 Å². The van der Waals surface area contributed by atoms with Gasteiger partial charge in [0, 0.05) is 18.8 Å². The van der Waals surface area contributed by atoms with E-state index in [1.807, 2.05) is 5.32 Å². The molecule has 0 aliphatic carbocycles. The third kappa shape index (κ3) is 3.95. The zero-order valence-electron chi connectivity index (χ0n) is 12.9. The van der Waals surface area contributed by atoms with E-state index in [4.69, 9.17) is 0 Å². The van der Waals surface area contributed by atoms with Gasteiger partial charge in [0.05, 0.1) is 6.42 Å². The fraction of sp³-hybridized carbons (Fsp3) is 0.533. The zero-order valence-corrected chi connectivity index (χ0v) is 12.9. The Kier molecular flexibility index (Phi) is 5.03. The van der Waals surface area contributed by atoms with E-state index in [2.05, 4.69) is 0 Å². The normalized spacial score (nSPS) is 17.7. The van der Waals surface area contributed by atoms with Crippen LogP contribution < -0.4 is 10.2 Å². The van der Waals surface area contributed by atoms with Gasteiger partial charge in [-0.3, -0.25) is 4.79 Å². The van der Waals surface area contributed by atoms with Gasteiger partial charge in [-0.15, -0.1) is 0 Å². The van der Waals surface area contributed by atoms with Gasteiger partial charge in [-0.05, 0) is 31.9 Å². The third-order valence-electron chi connectivity index (χ3n) is 3.84. The Bertz CT molecular complexity index is 602. The number of carbonyl (C=O) groups is 1. The summed E-state index contributed by atoms with van der Waals surface area (Å²) in [6.07, 6.45) is -4.66. The maximum absolute atomic E-state index is 14.1. The van der Waals surface area contributed by atoms with Gasteiger partial charge >= 0.3 is 6.18 Å². The Balaban J connectivity index is 2.12. The molecule has 24 heavy (non-hydrogen) atoms. The summed E-state index contributed by atoms with van der Waals surface area (Å²) in [5, 5.41) is 11.2. The van der Waals surface area contributed by atoms with Crippen LogP contribution >= 0.6 is 0 Å². The Morgan fingerprint density at radius 3 is 2.17 bits per heavy atom. The van der Waals surface area contributed by atoms with Gasteiger partial charge in [-0.25, -0.2) is 8.78 Å². The average molecular weight is 352 g/mol. The highest BCUT2D eigenvalue weighted by molar-refractivity contribution is 5.91. The Hall–Kier alpha value is -1.90. The first-order valence-corrected chi connectivity index (χ1v) is 7.34. The van der Waals surface area contributed by atoms with Gasteiger partial charge in [-0.1, -0.05) is 0 Å². The zero-order chi connectivity index (χ0) is 18.1. The van der Waals surface area contributed by atoms with Crippen molar-refractivity contribution in [3.05, 3.63) is 23.8 Å². The summed E-state index contributed by atoms with van der Waals surface area (Å²) in [6.45, 7) is 1.46. The number of benzene rings is 1. The summed E-state index contributed by atoms with van der Waals surface area (Å²) in [4.78, 5) is 13.1. The van der Waals surface area contributed by atoms with Gasteiger partial charge in [0.2, 0.25) is 5.91 Å². The molecule has 134 valence electrons. The van der Waals surface area contributed by atoms with Crippen LogP contribution in [-0.2, 0) is 4.79 Å². The highest BCUT2D eigenvalue weighted by Crippen LogP contribution is 2.33. The Morgan fingerprint density at radius 1 is 1.21 bits per heavy atom. The second-order valence-electron chi connectivity index (χ2n) is 5.98. The van der Waals surface area contributed by atoms with Crippen molar-refractivity contribution in [1.29, 1.82) is 0 Å². The maximum Gasteiger partial charge on any atom is 0.417 e. The molecule has 1 aromatic carbocycles. The summed E-state index contributed by atoms with van der Waals surface area (Å²) in [6, 6.07) is 1.69. The number of nitrogens with zero attached hydrogens (tertiary/aromatic N) is 1. The predicted octanol–water partition coefficient (Wildman–Crippen LogP) is 3.21. The molecule has 1 aromatic rings. The summed E-state index contributed by atoms with van der Waals surface area (Å²) in [5.41, 5.74) is -3.76. The number of alkyl halides is 3. The number of carbonyl (C=O) groups excluding carboxylic acids is 1. The van der Waals surface area contributed by atoms with Gasteiger partial charge in [0.1, 0.15) is 5.69 Å². The van der Waals surface area contributed by atoms with E-state index in [-0.39, 0.29) is 11.4 Å². The van der Waals surface area contributed by atoms with Crippen LogP contribution in [0.25, 0.3) is 0 Å². The number of halogens is 5. The van der Waals surface area contributed by atoms with Crippen LogP contribution in [-0.4, -0.2) is 35.9 Å². The molecule has 4 nitrogen and oxygen atoms in total. The molecule has 1 amide bonds. The largest absolute Gasteiger partial charge is 0.417 e. The monoisotopic (exact) mass is 352 g/mol. The molecule has 1 heterocycles. The topological polar surface area (TPSA) is 52.6 Å². The molecule has 1 fully saturated rings. The molecular weight excluding hydrogens is 335 g/mol. The minimum absolute atomic E-state index is 0.215. The van der Waals surface area contributed by atoms with E-state index >= 15 is 0 Å². The summed E-state index contributed by atoms with van der Waals surface area (Å²) in [7, 11) is 0. The highest BCUT2D eigenvalue weighted by Gasteiger charge is 2.51. The molecule has 0 aromatic heterocycles. The maximum atomic E-state index is 14.1. The van der Waals surface area contributed by atoms with Crippen LogP contribution in [0, 0.1) is 11.6 Å². The van der Waals surface area contributed by atoms with Crippen molar-refractivity contribution in [2.24, 2.45) is 0 Å². The van der Waals surface area contributed by atoms with Crippen LogP contribution in [0.15, 0.2) is 12.1 Å². The lowest BCUT2D eigenvalue weighted by Gasteiger charge is -2.25. The van der Waals surface area contributed by atoms with E-state index < -0.39 is 35.7 Å². The molecule has 1 unspecified atom stereocenters. The molecule has 0 radical (unpaired) electrons. The van der Waals surface area contributed by atoms with Crippen molar-refractivity contribution in [3.8, 4) is 0 Å². The van der Waals surface area contributed by atoms with Gasteiger partial charge in [-0.2, -0.15) is 13.2 Å². The van der Waals surface area contributed by atoms with Crippen LogP contribution in [0.2, 0.25) is 0 Å². The van der Waals surface area contributed by atoms with E-state index in [1.165, 1.54) is 4.90 Å². The molecule has 1 saturated heterocycles. The summed E-state index contributed by atoms with van der Waals surface area (Å²) >= 11 is 0. The standard InChI is InChI=1S/C15H17F5N2O2/c1-14(24,15(18,19)20)8-12(23)21-9-6-10(16)13(11(17)7-9)22-4-2-3-5-22/h6-7,24H,2-5,8H2,1H3,(H,21,23). The van der Waals surface area contributed by atoms with E-state index in [9.17, 15) is 31.9 Å². The molecule has 0 spiro atoms. The number of hydrogen-bond acceptors (Lipinski definition) is 3. The minimum atomic E-state index is -5.00. The van der Waals surface area contributed by atoms with Crippen molar-refractivity contribution < 1.29 is 31.9 Å². The molecule has 0 bridgehead atoms. The van der Waals surface area contributed by atoms with Gasteiger partial charge in [0.25, 0.3) is 0 Å². The lowest BCUT2D eigenvalue weighted by molar-refractivity contribution is -0.252. The van der Waals surface area contributed by atoms with Crippen molar-refractivity contribution in [3.63, 3.8) is 0 Å². The lowest BCUT2D eigenvalue weighted by atomic mass is 10.0. The minimum Gasteiger partial charge on any atom is -0.380 e. The Morgan fingerprint density at radius 2 is 1.71 bits per heavy atom. The first-order chi connectivity index (χ1) is 11.0. The van der Waals surface area contributed by atoms with Crippen LogP contribution in [0.3, 0.4) is 0 Å². The third-order valence-corrected chi connectivity index (χ3v) is 3.84. The molecule has 1 aliphatic rings. The van der Waals surface area contributed by atoms with Crippen LogP contribution in [0.1, 0.15) is 26.2 Å². The van der Waals surface area contributed by atoms with Crippen LogP contribution in [0.5, 0.6) is 0 Å². The SMILES string of the molecule is CC(O)(CC(=O)Nc1cc(F)c(N2CCCC2)c(F)c1)C(F)(F)F. The number of nitrogens with one attached hydrogen (secondary N) is 1. The Labute approximate surface area is 135 Å². The number of rotatable bonds is 4. The number of aliphatic hydroxyl groups is 1. The van der Waals surface area contributed by atoms with Gasteiger partial charge < -0.3 is 15.3 Å². The first-order valence-electron chi connectivity index (χ1n) is 7.34. The molecule has 0 saturated carbocycles. The number of hydrogen-bond donors (Lipinski definition) is 2. The van der Waals surface area contributed by atoms with Crippen molar-refractivity contribution in [2.75, 3.05) is 23.3 Å². The number of amides is 1. The molecule has 9 heteroatoms. The molecule has 1 atom stereocenters. The second-order valence-corrected chi connectivity index (χ2v) is 5.98. The average Bonchev–Trinajstić information content (AvgIpc) is 2.89. The molecule has 2 rings (SSSR count). The first kappa shape index (κ1) is 18.4. The van der Waals surface area contributed by atoms with E-state index in [0.717, 1.165) is 25.0 Å². The van der Waals surface area contributed by atoms with Crippen molar-refractivity contribution >= 4 is 17.3 Å².